The highest BCUT2D eigenvalue weighted by Gasteiger charge is 2.06. The standard InChI is InChI=1S/C22H29NS.CH2O2/c1-7-13-19(20-14-11-10-12-15-20)16-17-23(6)22(9-3)24-21(8-2)18(4)5;2-1-3/h7,9-17H,1,8H2,2-6H3;1H,(H,2,3)/b17-16-,19-13+,22-9+;. The maximum atomic E-state index is 8.36. The number of rotatable bonds is 8. The van der Waals surface area contributed by atoms with Gasteiger partial charge in [-0.3, -0.25) is 4.79 Å². The second-order valence-electron chi connectivity index (χ2n) is 5.76. The Morgan fingerprint density at radius 1 is 1.26 bits per heavy atom. The highest BCUT2D eigenvalue weighted by Crippen LogP contribution is 2.32. The molecule has 0 radical (unpaired) electrons. The number of hydrogen-bond acceptors (Lipinski definition) is 3. The van der Waals surface area contributed by atoms with Crippen molar-refractivity contribution < 1.29 is 9.90 Å². The van der Waals surface area contributed by atoms with Crippen LogP contribution in [-0.2, 0) is 4.79 Å². The van der Waals surface area contributed by atoms with Gasteiger partial charge in [-0.2, -0.15) is 0 Å². The molecule has 0 amide bonds. The molecule has 1 aromatic rings. The summed E-state index contributed by atoms with van der Waals surface area (Å²) in [4.78, 5) is 12.0. The van der Waals surface area contributed by atoms with Gasteiger partial charge in [-0.05, 0) is 49.3 Å². The van der Waals surface area contributed by atoms with Crippen LogP contribution in [0.15, 0.2) is 82.9 Å². The molecule has 0 saturated heterocycles. The fraction of sp³-hybridized carbons (Fsp3) is 0.261. The number of allylic oxidation sites excluding steroid dienone is 7. The molecule has 0 atom stereocenters. The second kappa shape index (κ2) is 14.7. The average molecular weight is 386 g/mol. The summed E-state index contributed by atoms with van der Waals surface area (Å²) in [7, 11) is 2.09. The van der Waals surface area contributed by atoms with Gasteiger partial charge in [0.05, 0.1) is 5.03 Å². The topological polar surface area (TPSA) is 40.5 Å². The largest absolute Gasteiger partial charge is 0.483 e. The summed E-state index contributed by atoms with van der Waals surface area (Å²) >= 11 is 1.84. The molecule has 0 fully saturated rings. The van der Waals surface area contributed by atoms with Gasteiger partial charge < -0.3 is 10.0 Å². The van der Waals surface area contributed by atoms with Crippen molar-refractivity contribution in [1.29, 1.82) is 0 Å². The number of nitrogens with zero attached hydrogens (tertiary/aromatic N) is 1. The number of benzene rings is 1. The molecular formula is C23H31NO2S. The lowest BCUT2D eigenvalue weighted by molar-refractivity contribution is -0.122. The van der Waals surface area contributed by atoms with Crippen LogP contribution in [0.2, 0.25) is 0 Å². The van der Waals surface area contributed by atoms with Crippen molar-refractivity contribution in [2.75, 3.05) is 7.05 Å². The monoisotopic (exact) mass is 385 g/mol. The first-order valence-electron chi connectivity index (χ1n) is 8.82. The minimum absolute atomic E-state index is 0.250. The minimum Gasteiger partial charge on any atom is -0.483 e. The molecule has 3 nitrogen and oxygen atoms in total. The highest BCUT2D eigenvalue weighted by atomic mass is 32.2. The first-order chi connectivity index (χ1) is 12.9. The van der Waals surface area contributed by atoms with E-state index < -0.39 is 0 Å². The summed E-state index contributed by atoms with van der Waals surface area (Å²) in [6.07, 6.45) is 11.3. The predicted octanol–water partition coefficient (Wildman–Crippen LogP) is 6.70. The molecule has 146 valence electrons. The van der Waals surface area contributed by atoms with Crippen LogP contribution in [0.4, 0.5) is 0 Å². The molecule has 1 aromatic carbocycles. The Morgan fingerprint density at radius 2 is 1.85 bits per heavy atom. The number of thioether (sulfide) groups is 1. The number of hydrogen-bond donors (Lipinski definition) is 1. The first kappa shape index (κ1) is 24.5. The van der Waals surface area contributed by atoms with Crippen LogP contribution < -0.4 is 0 Å². The lowest BCUT2D eigenvalue weighted by atomic mass is 10.1. The van der Waals surface area contributed by atoms with Crippen LogP contribution in [-0.4, -0.2) is 23.5 Å². The van der Waals surface area contributed by atoms with Crippen LogP contribution in [0.25, 0.3) is 5.57 Å². The van der Waals surface area contributed by atoms with E-state index in [0.717, 1.165) is 12.0 Å². The van der Waals surface area contributed by atoms with E-state index in [4.69, 9.17) is 9.90 Å². The molecule has 0 spiro atoms. The SMILES string of the molecule is C=C/C=C(\C=C/N(C)/C(=C\C)SC(CC)=C(C)C)c1ccccc1.O=CO. The molecular weight excluding hydrogens is 354 g/mol. The summed E-state index contributed by atoms with van der Waals surface area (Å²) < 4.78 is 0. The molecule has 0 aromatic heterocycles. The van der Waals surface area contributed by atoms with Gasteiger partial charge in [-0.1, -0.05) is 79.4 Å². The van der Waals surface area contributed by atoms with Crippen LogP contribution in [0, 0.1) is 0 Å². The van der Waals surface area contributed by atoms with Crippen molar-refractivity contribution in [1.82, 2.24) is 4.90 Å². The maximum absolute atomic E-state index is 8.36. The lowest BCUT2D eigenvalue weighted by Gasteiger charge is -2.19. The fourth-order valence-corrected chi connectivity index (χ4v) is 3.18. The van der Waals surface area contributed by atoms with E-state index >= 15 is 0 Å². The molecule has 27 heavy (non-hydrogen) atoms. The van der Waals surface area contributed by atoms with Crippen molar-refractivity contribution >= 4 is 23.8 Å². The minimum atomic E-state index is -0.250. The Hall–Kier alpha value is -2.46. The number of carboxylic acid groups (broad SMARTS) is 1. The Balaban J connectivity index is 0.00000210. The van der Waals surface area contributed by atoms with Crippen LogP contribution >= 0.6 is 11.8 Å². The van der Waals surface area contributed by atoms with Gasteiger partial charge >= 0.3 is 0 Å². The van der Waals surface area contributed by atoms with E-state index in [1.807, 2.05) is 30.0 Å². The van der Waals surface area contributed by atoms with Gasteiger partial charge in [-0.15, -0.1) is 0 Å². The zero-order valence-electron chi connectivity index (χ0n) is 17.0. The molecule has 1 N–H and O–H groups in total. The van der Waals surface area contributed by atoms with Gasteiger partial charge in [0.1, 0.15) is 0 Å². The third kappa shape index (κ3) is 9.71. The third-order valence-corrected chi connectivity index (χ3v) is 5.26. The van der Waals surface area contributed by atoms with Gasteiger partial charge in [0, 0.05) is 13.2 Å². The zero-order chi connectivity index (χ0) is 20.7. The summed E-state index contributed by atoms with van der Waals surface area (Å²) in [5.41, 5.74) is 3.72. The Bertz CT molecular complexity index is 696. The molecule has 0 bridgehead atoms. The van der Waals surface area contributed by atoms with Crippen LogP contribution in [0.3, 0.4) is 0 Å². The summed E-state index contributed by atoms with van der Waals surface area (Å²) in [6.45, 7) is 12.2. The van der Waals surface area contributed by atoms with Crippen molar-refractivity contribution in [3.05, 3.63) is 88.5 Å². The van der Waals surface area contributed by atoms with E-state index in [2.05, 4.69) is 88.8 Å². The number of carbonyl (C=O) groups is 1. The molecule has 1 rings (SSSR count). The van der Waals surface area contributed by atoms with E-state index in [9.17, 15) is 0 Å². The molecule has 0 aliphatic carbocycles. The molecule has 0 aliphatic heterocycles. The maximum Gasteiger partial charge on any atom is 0.290 e. The average Bonchev–Trinajstić information content (AvgIpc) is 2.66. The summed E-state index contributed by atoms with van der Waals surface area (Å²) in [5, 5.41) is 8.12. The lowest BCUT2D eigenvalue weighted by Crippen LogP contribution is -2.07. The van der Waals surface area contributed by atoms with Gasteiger partial charge in [-0.25, -0.2) is 0 Å². The van der Waals surface area contributed by atoms with E-state index in [0.29, 0.717) is 0 Å². The van der Waals surface area contributed by atoms with E-state index in [1.54, 1.807) is 0 Å². The Labute approximate surface area is 168 Å². The van der Waals surface area contributed by atoms with Gasteiger partial charge in [0.15, 0.2) is 0 Å². The first-order valence-corrected chi connectivity index (χ1v) is 9.64. The Morgan fingerprint density at radius 3 is 2.30 bits per heavy atom. The van der Waals surface area contributed by atoms with E-state index in [-0.39, 0.29) is 6.47 Å². The van der Waals surface area contributed by atoms with Crippen molar-refractivity contribution in [3.63, 3.8) is 0 Å². The normalized spacial score (nSPS) is 11.4. The Kier molecular flexibility index (Phi) is 13.3. The zero-order valence-corrected chi connectivity index (χ0v) is 17.8. The molecule has 0 aliphatic rings. The second-order valence-corrected chi connectivity index (χ2v) is 6.88. The van der Waals surface area contributed by atoms with Crippen molar-refractivity contribution in [2.24, 2.45) is 0 Å². The summed E-state index contributed by atoms with van der Waals surface area (Å²) in [5.74, 6) is 0. The molecule has 0 heterocycles. The smallest absolute Gasteiger partial charge is 0.290 e. The summed E-state index contributed by atoms with van der Waals surface area (Å²) in [6, 6.07) is 10.4. The van der Waals surface area contributed by atoms with Crippen LogP contribution in [0.1, 0.15) is 39.7 Å². The predicted molar refractivity (Wildman–Crippen MR) is 120 cm³/mol. The molecule has 4 heteroatoms. The van der Waals surface area contributed by atoms with Crippen molar-refractivity contribution in [3.8, 4) is 0 Å². The highest BCUT2D eigenvalue weighted by molar-refractivity contribution is 8.06. The fourth-order valence-electron chi connectivity index (χ4n) is 2.26. The molecule has 0 saturated carbocycles. The van der Waals surface area contributed by atoms with Crippen LogP contribution in [0.5, 0.6) is 0 Å². The van der Waals surface area contributed by atoms with Gasteiger partial charge in [0.25, 0.3) is 6.47 Å². The third-order valence-electron chi connectivity index (χ3n) is 3.58. The molecule has 0 unspecified atom stereocenters. The quantitative estimate of drug-likeness (QED) is 0.399. The van der Waals surface area contributed by atoms with E-state index in [1.165, 1.54) is 21.1 Å². The van der Waals surface area contributed by atoms with Gasteiger partial charge in [0.2, 0.25) is 0 Å². The van der Waals surface area contributed by atoms with Crippen molar-refractivity contribution in [2.45, 2.75) is 34.1 Å².